The van der Waals surface area contributed by atoms with E-state index in [1.165, 1.54) is 12.0 Å². The van der Waals surface area contributed by atoms with Crippen LogP contribution in [0, 0.1) is 0 Å². The first-order valence-corrected chi connectivity index (χ1v) is 5.81. The zero-order valence-corrected chi connectivity index (χ0v) is 9.75. The Kier molecular flexibility index (Phi) is 3.31. The van der Waals surface area contributed by atoms with Crippen molar-refractivity contribution in [2.75, 3.05) is 12.4 Å². The predicted molar refractivity (Wildman–Crippen MR) is 66.3 cm³/mol. The second kappa shape index (κ2) is 4.90. The lowest BCUT2D eigenvalue weighted by Crippen LogP contribution is -1.97. The summed E-state index contributed by atoms with van der Waals surface area (Å²) in [4.78, 5) is 1.26. The number of benzene rings is 1. The molecule has 0 bridgehead atoms. The van der Waals surface area contributed by atoms with Crippen molar-refractivity contribution in [2.24, 2.45) is 0 Å². The van der Waals surface area contributed by atoms with Crippen molar-refractivity contribution >= 4 is 17.0 Å². The van der Waals surface area contributed by atoms with Crippen LogP contribution in [0.3, 0.4) is 0 Å². The van der Waals surface area contributed by atoms with Gasteiger partial charge in [0.2, 0.25) is 0 Å². The first-order chi connectivity index (χ1) is 7.79. The standard InChI is InChI=1S/C12H13NO2S/c1-15-12-5-4-9(7-11(12)14)13-8-10-3-2-6-16-10/h2-7,13-14H,8H2,1H3. The molecule has 84 valence electrons. The lowest BCUT2D eigenvalue weighted by atomic mass is 10.2. The lowest BCUT2D eigenvalue weighted by Gasteiger charge is -2.07. The molecule has 0 aliphatic rings. The minimum atomic E-state index is 0.152. The van der Waals surface area contributed by atoms with Crippen LogP contribution in [-0.4, -0.2) is 12.2 Å². The first-order valence-electron chi connectivity index (χ1n) is 4.93. The van der Waals surface area contributed by atoms with Crippen LogP contribution in [0.5, 0.6) is 11.5 Å². The Morgan fingerprint density at radius 1 is 1.38 bits per heavy atom. The fourth-order valence-corrected chi connectivity index (χ4v) is 2.05. The van der Waals surface area contributed by atoms with Gasteiger partial charge in [-0.3, -0.25) is 0 Å². The first kappa shape index (κ1) is 10.8. The molecule has 16 heavy (non-hydrogen) atoms. The second-order valence-electron chi connectivity index (χ2n) is 3.32. The van der Waals surface area contributed by atoms with E-state index < -0.39 is 0 Å². The molecule has 2 N–H and O–H groups in total. The molecule has 0 saturated heterocycles. The lowest BCUT2D eigenvalue weighted by molar-refractivity contribution is 0.373. The van der Waals surface area contributed by atoms with Gasteiger partial charge in [-0.2, -0.15) is 0 Å². The smallest absolute Gasteiger partial charge is 0.160 e. The summed E-state index contributed by atoms with van der Waals surface area (Å²) in [5.74, 6) is 0.639. The zero-order chi connectivity index (χ0) is 11.4. The highest BCUT2D eigenvalue weighted by Gasteiger charge is 2.02. The van der Waals surface area contributed by atoms with Crippen LogP contribution in [0.25, 0.3) is 0 Å². The van der Waals surface area contributed by atoms with Gasteiger partial charge in [-0.05, 0) is 23.6 Å². The van der Waals surface area contributed by atoms with Crippen molar-refractivity contribution in [1.82, 2.24) is 0 Å². The van der Waals surface area contributed by atoms with Gasteiger partial charge in [-0.15, -0.1) is 11.3 Å². The minimum absolute atomic E-state index is 0.152. The summed E-state index contributed by atoms with van der Waals surface area (Å²) in [5.41, 5.74) is 0.881. The molecule has 3 nitrogen and oxygen atoms in total. The van der Waals surface area contributed by atoms with Crippen LogP contribution in [0.2, 0.25) is 0 Å². The van der Waals surface area contributed by atoms with E-state index in [-0.39, 0.29) is 5.75 Å². The van der Waals surface area contributed by atoms with E-state index in [0.717, 1.165) is 12.2 Å². The van der Waals surface area contributed by atoms with E-state index in [0.29, 0.717) is 5.75 Å². The fourth-order valence-electron chi connectivity index (χ4n) is 1.40. The largest absolute Gasteiger partial charge is 0.504 e. The molecular weight excluding hydrogens is 222 g/mol. The van der Waals surface area contributed by atoms with Gasteiger partial charge in [0.15, 0.2) is 11.5 Å². The Balaban J connectivity index is 2.02. The molecule has 0 amide bonds. The highest BCUT2D eigenvalue weighted by Crippen LogP contribution is 2.28. The van der Waals surface area contributed by atoms with Gasteiger partial charge in [0.1, 0.15) is 0 Å². The molecule has 1 aromatic carbocycles. The van der Waals surface area contributed by atoms with Crippen LogP contribution >= 0.6 is 11.3 Å². The van der Waals surface area contributed by atoms with E-state index in [1.54, 1.807) is 23.5 Å². The van der Waals surface area contributed by atoms with Crippen molar-refractivity contribution in [3.63, 3.8) is 0 Å². The number of thiophene rings is 1. The molecule has 0 saturated carbocycles. The molecule has 1 aromatic heterocycles. The molecule has 0 radical (unpaired) electrons. The maximum absolute atomic E-state index is 9.59. The molecule has 2 rings (SSSR count). The number of nitrogens with one attached hydrogen (secondary N) is 1. The third-order valence-corrected chi connectivity index (χ3v) is 3.10. The van der Waals surface area contributed by atoms with Gasteiger partial charge in [-0.25, -0.2) is 0 Å². The molecule has 0 spiro atoms. The molecule has 2 aromatic rings. The van der Waals surface area contributed by atoms with Crippen molar-refractivity contribution in [3.05, 3.63) is 40.6 Å². The molecule has 4 heteroatoms. The van der Waals surface area contributed by atoms with Gasteiger partial charge < -0.3 is 15.2 Å². The number of phenols is 1. The van der Waals surface area contributed by atoms with Crippen LogP contribution in [0.1, 0.15) is 4.88 Å². The quantitative estimate of drug-likeness (QED) is 0.855. The van der Waals surface area contributed by atoms with E-state index in [4.69, 9.17) is 4.74 Å². The van der Waals surface area contributed by atoms with E-state index in [1.807, 2.05) is 17.5 Å². The molecule has 0 aliphatic carbocycles. The SMILES string of the molecule is COc1ccc(NCc2cccs2)cc1O. The third-order valence-electron chi connectivity index (χ3n) is 2.23. The number of methoxy groups -OCH3 is 1. The monoisotopic (exact) mass is 235 g/mol. The number of phenolic OH excluding ortho intramolecular Hbond substituents is 1. The summed E-state index contributed by atoms with van der Waals surface area (Å²) >= 11 is 1.70. The number of hydrogen-bond acceptors (Lipinski definition) is 4. The summed E-state index contributed by atoms with van der Waals surface area (Å²) in [7, 11) is 1.54. The van der Waals surface area contributed by atoms with Crippen LogP contribution in [-0.2, 0) is 6.54 Å². The van der Waals surface area contributed by atoms with Gasteiger partial charge in [0.05, 0.1) is 7.11 Å². The van der Waals surface area contributed by atoms with E-state index in [2.05, 4.69) is 11.4 Å². The molecule has 0 aliphatic heterocycles. The summed E-state index contributed by atoms with van der Waals surface area (Å²) in [6.07, 6.45) is 0. The number of aromatic hydroxyl groups is 1. The van der Waals surface area contributed by atoms with Crippen molar-refractivity contribution in [2.45, 2.75) is 6.54 Å². The average molecular weight is 235 g/mol. The number of rotatable bonds is 4. The number of ether oxygens (including phenoxy) is 1. The molecule has 1 heterocycles. The van der Waals surface area contributed by atoms with Crippen LogP contribution < -0.4 is 10.1 Å². The summed E-state index contributed by atoms with van der Waals surface area (Å²) in [5, 5.41) is 14.9. The van der Waals surface area contributed by atoms with E-state index in [9.17, 15) is 5.11 Å². The number of anilines is 1. The Hall–Kier alpha value is -1.68. The van der Waals surface area contributed by atoms with Crippen LogP contribution in [0.4, 0.5) is 5.69 Å². The summed E-state index contributed by atoms with van der Waals surface area (Å²) in [6.45, 7) is 0.767. The Morgan fingerprint density at radius 2 is 2.25 bits per heavy atom. The Labute approximate surface area is 98.3 Å². The highest BCUT2D eigenvalue weighted by atomic mass is 32.1. The second-order valence-corrected chi connectivity index (χ2v) is 4.35. The Morgan fingerprint density at radius 3 is 2.88 bits per heavy atom. The fraction of sp³-hybridized carbons (Fsp3) is 0.167. The van der Waals surface area contributed by atoms with E-state index >= 15 is 0 Å². The Bertz CT molecular complexity index is 454. The number of hydrogen-bond donors (Lipinski definition) is 2. The van der Waals surface area contributed by atoms with Gasteiger partial charge in [-0.1, -0.05) is 6.07 Å². The normalized spacial score (nSPS) is 10.1. The van der Waals surface area contributed by atoms with Crippen LogP contribution in [0.15, 0.2) is 35.7 Å². The zero-order valence-electron chi connectivity index (χ0n) is 8.93. The topological polar surface area (TPSA) is 41.5 Å². The maximum atomic E-state index is 9.59. The van der Waals surface area contributed by atoms with Crippen molar-refractivity contribution < 1.29 is 9.84 Å². The average Bonchev–Trinajstić information content (AvgIpc) is 2.79. The van der Waals surface area contributed by atoms with Crippen molar-refractivity contribution in [1.29, 1.82) is 0 Å². The minimum Gasteiger partial charge on any atom is -0.504 e. The summed E-state index contributed by atoms with van der Waals surface area (Å²) < 4.78 is 4.97. The van der Waals surface area contributed by atoms with Gasteiger partial charge in [0, 0.05) is 23.2 Å². The highest BCUT2D eigenvalue weighted by molar-refractivity contribution is 7.09. The molecule has 0 atom stereocenters. The molecule has 0 fully saturated rings. The maximum Gasteiger partial charge on any atom is 0.160 e. The third kappa shape index (κ3) is 2.46. The van der Waals surface area contributed by atoms with Gasteiger partial charge >= 0.3 is 0 Å². The van der Waals surface area contributed by atoms with Gasteiger partial charge in [0.25, 0.3) is 0 Å². The predicted octanol–water partition coefficient (Wildman–Crippen LogP) is 3.07. The molecule has 0 unspecified atom stereocenters. The summed E-state index contributed by atoms with van der Waals surface area (Å²) in [6, 6.07) is 9.37. The van der Waals surface area contributed by atoms with Crippen molar-refractivity contribution in [3.8, 4) is 11.5 Å². The molecular formula is C12H13NO2S.